The predicted octanol–water partition coefficient (Wildman–Crippen LogP) is 6.14. The summed E-state index contributed by atoms with van der Waals surface area (Å²) >= 11 is 0. The molecule has 0 fully saturated rings. The summed E-state index contributed by atoms with van der Waals surface area (Å²) < 4.78 is 13.8. The molecular weight excluding hydrogens is 343 g/mol. The van der Waals surface area contributed by atoms with Gasteiger partial charge in [-0.1, -0.05) is 62.1 Å². The van der Waals surface area contributed by atoms with Crippen LogP contribution in [0.15, 0.2) is 66.7 Å². The molecule has 0 aliphatic carbocycles. The van der Waals surface area contributed by atoms with Gasteiger partial charge in [0, 0.05) is 22.3 Å². The molecule has 0 saturated heterocycles. The molecular formula is C27H23F. The van der Waals surface area contributed by atoms with Crippen LogP contribution in [0.4, 0.5) is 4.39 Å². The Morgan fingerprint density at radius 2 is 1.11 bits per heavy atom. The van der Waals surface area contributed by atoms with E-state index >= 15 is 0 Å². The number of rotatable bonds is 3. The maximum atomic E-state index is 13.8. The maximum absolute atomic E-state index is 13.8. The van der Waals surface area contributed by atoms with Crippen LogP contribution < -0.4 is 0 Å². The lowest BCUT2D eigenvalue weighted by Gasteiger charge is -1.99. The highest BCUT2D eigenvalue weighted by molar-refractivity contribution is 5.48. The van der Waals surface area contributed by atoms with Gasteiger partial charge in [0.15, 0.2) is 0 Å². The average Bonchev–Trinajstić information content (AvgIpc) is 2.73. The van der Waals surface area contributed by atoms with Crippen molar-refractivity contribution in [1.82, 2.24) is 0 Å². The lowest BCUT2D eigenvalue weighted by molar-refractivity contribution is 0.612. The van der Waals surface area contributed by atoms with Crippen molar-refractivity contribution in [3.8, 4) is 23.7 Å². The lowest BCUT2D eigenvalue weighted by Crippen LogP contribution is -1.88. The molecule has 0 N–H and O–H groups in total. The molecule has 0 radical (unpaired) electrons. The van der Waals surface area contributed by atoms with Gasteiger partial charge < -0.3 is 0 Å². The summed E-state index contributed by atoms with van der Waals surface area (Å²) in [7, 11) is 0. The summed E-state index contributed by atoms with van der Waals surface area (Å²) in [5.41, 5.74) is 5.59. The van der Waals surface area contributed by atoms with Gasteiger partial charge in [0.05, 0.1) is 0 Å². The van der Waals surface area contributed by atoms with Crippen molar-refractivity contribution < 1.29 is 4.39 Å². The predicted molar refractivity (Wildman–Crippen MR) is 115 cm³/mol. The van der Waals surface area contributed by atoms with E-state index in [2.05, 4.69) is 54.9 Å². The summed E-state index contributed by atoms with van der Waals surface area (Å²) in [6.45, 7) is 4.12. The molecule has 0 bridgehead atoms. The van der Waals surface area contributed by atoms with Crippen molar-refractivity contribution in [3.05, 3.63) is 106 Å². The second-order valence-electron chi connectivity index (χ2n) is 6.68. The second kappa shape index (κ2) is 9.59. The molecule has 28 heavy (non-hydrogen) atoms. The van der Waals surface area contributed by atoms with Gasteiger partial charge in [0.25, 0.3) is 0 Å². The molecule has 0 spiro atoms. The van der Waals surface area contributed by atoms with Gasteiger partial charge in [0.2, 0.25) is 0 Å². The molecule has 3 aromatic carbocycles. The molecule has 0 heterocycles. The summed E-state index contributed by atoms with van der Waals surface area (Å²) in [5, 5.41) is 0. The van der Waals surface area contributed by atoms with Crippen LogP contribution in [0.1, 0.15) is 53.6 Å². The zero-order chi connectivity index (χ0) is 19.8. The Kier molecular flexibility index (Phi) is 6.67. The molecule has 0 aliphatic rings. The third-order valence-electron chi connectivity index (χ3n) is 4.51. The Labute approximate surface area is 167 Å². The molecule has 0 amide bonds. The maximum Gasteiger partial charge on any atom is 0.127 e. The normalized spacial score (nSPS) is 9.82. The summed E-state index contributed by atoms with van der Waals surface area (Å²) in [4.78, 5) is 0. The number of hydrogen-bond donors (Lipinski definition) is 0. The van der Waals surface area contributed by atoms with Gasteiger partial charge in [-0.2, -0.15) is 0 Å². The fourth-order valence-corrected chi connectivity index (χ4v) is 2.88. The highest BCUT2D eigenvalue weighted by Crippen LogP contribution is 2.11. The molecule has 1 heteroatoms. The molecule has 0 saturated carbocycles. The van der Waals surface area contributed by atoms with Crippen LogP contribution in [-0.4, -0.2) is 0 Å². The quantitative estimate of drug-likeness (QED) is 0.488. The van der Waals surface area contributed by atoms with Gasteiger partial charge in [-0.25, -0.2) is 4.39 Å². The van der Waals surface area contributed by atoms with Gasteiger partial charge in [-0.05, 0) is 72.5 Å². The third-order valence-corrected chi connectivity index (χ3v) is 4.51. The number of hydrogen-bond acceptors (Lipinski definition) is 0. The van der Waals surface area contributed by atoms with Crippen LogP contribution >= 0.6 is 0 Å². The van der Waals surface area contributed by atoms with E-state index in [1.165, 1.54) is 11.6 Å². The van der Waals surface area contributed by atoms with Crippen LogP contribution in [0.2, 0.25) is 0 Å². The Balaban J connectivity index is 1.68. The molecule has 0 unspecified atom stereocenters. The van der Waals surface area contributed by atoms with E-state index in [1.54, 1.807) is 6.07 Å². The molecule has 0 aliphatic heterocycles. The Morgan fingerprint density at radius 1 is 0.643 bits per heavy atom. The Hall–Kier alpha value is -3.29. The number of aryl methyl sites for hydroxylation is 2. The van der Waals surface area contributed by atoms with Crippen molar-refractivity contribution in [2.75, 3.05) is 0 Å². The van der Waals surface area contributed by atoms with Gasteiger partial charge in [-0.3, -0.25) is 0 Å². The fourth-order valence-electron chi connectivity index (χ4n) is 2.88. The van der Waals surface area contributed by atoms with Crippen molar-refractivity contribution in [1.29, 1.82) is 0 Å². The lowest BCUT2D eigenvalue weighted by atomic mass is 10.1. The van der Waals surface area contributed by atoms with Crippen molar-refractivity contribution >= 4 is 0 Å². The zero-order valence-corrected chi connectivity index (χ0v) is 16.4. The fraction of sp³-hybridized carbons (Fsp3) is 0.185. The minimum atomic E-state index is -0.192. The Morgan fingerprint density at radius 3 is 1.57 bits per heavy atom. The average molecular weight is 366 g/mol. The van der Waals surface area contributed by atoms with E-state index in [4.69, 9.17) is 0 Å². The summed E-state index contributed by atoms with van der Waals surface area (Å²) in [5.74, 6) is 12.3. The largest absolute Gasteiger partial charge is 0.207 e. The minimum absolute atomic E-state index is 0.192. The zero-order valence-electron chi connectivity index (χ0n) is 16.4. The second-order valence-corrected chi connectivity index (χ2v) is 6.68. The third kappa shape index (κ3) is 5.35. The SMILES string of the molecule is CCCc1ccc(C#Cc2ccc(C#Cc3ccc(CC)c(F)c3)cc2)cc1. The highest BCUT2D eigenvalue weighted by Gasteiger charge is 1.99. The number of benzene rings is 3. The van der Waals surface area contributed by atoms with E-state index in [-0.39, 0.29) is 5.82 Å². The topological polar surface area (TPSA) is 0 Å². The first-order chi connectivity index (χ1) is 13.7. The van der Waals surface area contributed by atoms with E-state index in [0.29, 0.717) is 17.5 Å². The van der Waals surface area contributed by atoms with Crippen LogP contribution in [0.5, 0.6) is 0 Å². The molecule has 0 atom stereocenters. The smallest absolute Gasteiger partial charge is 0.127 e. The molecule has 138 valence electrons. The highest BCUT2D eigenvalue weighted by atomic mass is 19.1. The monoisotopic (exact) mass is 366 g/mol. The molecule has 3 aromatic rings. The summed E-state index contributed by atoms with van der Waals surface area (Å²) in [6.07, 6.45) is 2.94. The van der Waals surface area contributed by atoms with Crippen LogP contribution in [0.3, 0.4) is 0 Å². The number of halogens is 1. The first-order valence-corrected chi connectivity index (χ1v) is 9.69. The van der Waals surface area contributed by atoms with Gasteiger partial charge in [0.1, 0.15) is 5.82 Å². The minimum Gasteiger partial charge on any atom is -0.207 e. The molecule has 0 nitrogen and oxygen atoms in total. The first kappa shape index (κ1) is 19.5. The van der Waals surface area contributed by atoms with Crippen molar-refractivity contribution in [2.24, 2.45) is 0 Å². The van der Waals surface area contributed by atoms with E-state index < -0.39 is 0 Å². The standard InChI is InChI=1S/C27H23F/c1-3-5-21-6-8-22(9-7-21)10-11-23-12-14-24(15-13-23)16-17-25-18-19-26(4-2)27(28)20-25/h6-9,12-15,18-20H,3-5H2,1-2H3. The molecule has 3 rings (SSSR count). The van der Waals surface area contributed by atoms with Gasteiger partial charge >= 0.3 is 0 Å². The van der Waals surface area contributed by atoms with E-state index in [1.807, 2.05) is 37.3 Å². The van der Waals surface area contributed by atoms with E-state index in [0.717, 1.165) is 29.5 Å². The van der Waals surface area contributed by atoms with Crippen LogP contribution in [0.25, 0.3) is 0 Å². The van der Waals surface area contributed by atoms with Crippen molar-refractivity contribution in [2.45, 2.75) is 33.1 Å². The molecule has 0 aromatic heterocycles. The Bertz CT molecular complexity index is 1050. The summed E-state index contributed by atoms with van der Waals surface area (Å²) in [6, 6.07) is 21.4. The van der Waals surface area contributed by atoms with Gasteiger partial charge in [-0.15, -0.1) is 0 Å². The first-order valence-electron chi connectivity index (χ1n) is 9.69. The van der Waals surface area contributed by atoms with Crippen molar-refractivity contribution in [3.63, 3.8) is 0 Å². The van der Waals surface area contributed by atoms with Crippen LogP contribution in [0, 0.1) is 29.5 Å². The van der Waals surface area contributed by atoms with Crippen LogP contribution in [-0.2, 0) is 12.8 Å². The van der Waals surface area contributed by atoms with E-state index in [9.17, 15) is 4.39 Å².